The van der Waals surface area contributed by atoms with Crippen molar-refractivity contribution in [1.82, 2.24) is 0 Å². The topological polar surface area (TPSA) is 63.6 Å². The maximum atomic E-state index is 12.5. The molecule has 0 saturated heterocycles. The Hall–Kier alpha value is -0.900. The van der Waals surface area contributed by atoms with Crippen LogP contribution in [-0.2, 0) is 14.3 Å². The summed E-state index contributed by atoms with van der Waals surface area (Å²) in [4.78, 5) is 24.4. The number of Topliss-reactive ketones (excluding diaryl/α,β-unsaturated/α-hetero) is 1. The lowest BCUT2D eigenvalue weighted by Gasteiger charge is -2.62. The summed E-state index contributed by atoms with van der Waals surface area (Å²) in [6.45, 7) is 7.89. The van der Waals surface area contributed by atoms with Crippen LogP contribution in [0.3, 0.4) is 0 Å². The fourth-order valence-corrected chi connectivity index (χ4v) is 8.21. The van der Waals surface area contributed by atoms with E-state index < -0.39 is 0 Å². The van der Waals surface area contributed by atoms with Gasteiger partial charge in [0.15, 0.2) is 0 Å². The van der Waals surface area contributed by atoms with Gasteiger partial charge in [0.1, 0.15) is 11.9 Å². The van der Waals surface area contributed by atoms with E-state index in [0.717, 1.165) is 38.5 Å². The molecule has 0 aromatic rings. The predicted octanol–water partition coefficient (Wildman–Crippen LogP) is 4.14. The molecule has 9 atom stereocenters. The normalized spacial score (nSPS) is 51.7. The number of esters is 1. The Morgan fingerprint density at radius 1 is 0.963 bits per heavy atom. The van der Waals surface area contributed by atoms with Crippen LogP contribution >= 0.6 is 0 Å². The van der Waals surface area contributed by atoms with E-state index in [1.54, 1.807) is 6.92 Å². The Kier molecular flexibility index (Phi) is 4.73. The summed E-state index contributed by atoms with van der Waals surface area (Å²) >= 11 is 0. The Bertz CT molecular complexity index is 630. The molecular formula is C23H36O4. The average molecular weight is 377 g/mol. The summed E-state index contributed by atoms with van der Waals surface area (Å²) in [5.41, 5.74) is 0.0201. The van der Waals surface area contributed by atoms with Gasteiger partial charge in [0.2, 0.25) is 0 Å². The highest BCUT2D eigenvalue weighted by Gasteiger charge is 2.65. The smallest absolute Gasteiger partial charge is 0.302 e. The van der Waals surface area contributed by atoms with Crippen molar-refractivity contribution in [3.05, 3.63) is 0 Å². The maximum absolute atomic E-state index is 12.5. The van der Waals surface area contributed by atoms with Crippen molar-refractivity contribution in [3.8, 4) is 0 Å². The van der Waals surface area contributed by atoms with Crippen molar-refractivity contribution < 1.29 is 19.4 Å². The molecule has 4 fully saturated rings. The lowest BCUT2D eigenvalue weighted by Crippen LogP contribution is -2.59. The van der Waals surface area contributed by atoms with E-state index in [2.05, 4.69) is 13.8 Å². The highest BCUT2D eigenvalue weighted by molar-refractivity contribution is 5.80. The van der Waals surface area contributed by atoms with Crippen molar-refractivity contribution in [1.29, 1.82) is 0 Å². The van der Waals surface area contributed by atoms with Crippen LogP contribution in [0.25, 0.3) is 0 Å². The standard InChI is InChI=1S/C23H36O4/c1-13(24)18-7-8-19-17-6-5-15-11-16(26)9-10-22(15,3)20(17)12-21(23(18,19)4)27-14(2)25/h15-21,26H,5-12H2,1-4H3/t15-,16-,17+,18-,19+,20+,21+,22+,23-/m1/s1. The van der Waals surface area contributed by atoms with Crippen molar-refractivity contribution >= 4 is 11.8 Å². The third kappa shape index (κ3) is 2.81. The zero-order chi connectivity index (χ0) is 19.6. The van der Waals surface area contributed by atoms with Crippen LogP contribution in [-0.4, -0.2) is 29.1 Å². The zero-order valence-electron chi connectivity index (χ0n) is 17.4. The van der Waals surface area contributed by atoms with Gasteiger partial charge in [-0.3, -0.25) is 9.59 Å². The number of ketones is 1. The van der Waals surface area contributed by atoms with Crippen LogP contribution in [0.15, 0.2) is 0 Å². The van der Waals surface area contributed by atoms with Gasteiger partial charge in [0.25, 0.3) is 0 Å². The van der Waals surface area contributed by atoms with Crippen molar-refractivity contribution in [2.45, 2.75) is 91.3 Å². The van der Waals surface area contributed by atoms with Gasteiger partial charge in [-0.15, -0.1) is 0 Å². The first-order valence-electron chi connectivity index (χ1n) is 11.0. The number of carbonyl (C=O) groups is 2. The molecule has 0 aromatic heterocycles. The fraction of sp³-hybridized carbons (Fsp3) is 0.913. The largest absolute Gasteiger partial charge is 0.462 e. The van der Waals surface area contributed by atoms with Gasteiger partial charge in [-0.2, -0.15) is 0 Å². The molecule has 1 N–H and O–H groups in total. The predicted molar refractivity (Wildman–Crippen MR) is 103 cm³/mol. The number of ether oxygens (including phenoxy) is 1. The lowest BCUT2D eigenvalue weighted by atomic mass is 9.44. The van der Waals surface area contributed by atoms with Crippen molar-refractivity contribution in [3.63, 3.8) is 0 Å². The first-order valence-corrected chi connectivity index (χ1v) is 11.0. The molecule has 4 saturated carbocycles. The van der Waals surface area contributed by atoms with E-state index in [1.165, 1.54) is 19.8 Å². The highest BCUT2D eigenvalue weighted by Crippen LogP contribution is 2.68. The quantitative estimate of drug-likeness (QED) is 0.736. The number of aliphatic hydroxyl groups excluding tert-OH is 1. The minimum Gasteiger partial charge on any atom is -0.462 e. The number of fused-ring (bicyclic) bond motifs is 5. The third-order valence-corrected chi connectivity index (χ3v) is 9.51. The molecule has 0 aliphatic heterocycles. The summed E-state index contributed by atoms with van der Waals surface area (Å²) in [6.07, 6.45) is 7.92. The summed E-state index contributed by atoms with van der Waals surface area (Å²) in [7, 11) is 0. The van der Waals surface area contributed by atoms with E-state index in [4.69, 9.17) is 4.74 Å². The van der Waals surface area contributed by atoms with Gasteiger partial charge in [-0.05, 0) is 87.4 Å². The number of rotatable bonds is 2. The van der Waals surface area contributed by atoms with Gasteiger partial charge >= 0.3 is 5.97 Å². The molecule has 152 valence electrons. The molecule has 4 heteroatoms. The maximum Gasteiger partial charge on any atom is 0.302 e. The lowest BCUT2D eigenvalue weighted by molar-refractivity contribution is -0.194. The molecule has 4 nitrogen and oxygen atoms in total. The molecule has 0 heterocycles. The molecule has 0 unspecified atom stereocenters. The number of hydrogen-bond donors (Lipinski definition) is 1. The monoisotopic (exact) mass is 376 g/mol. The van der Waals surface area contributed by atoms with Crippen LogP contribution in [0.4, 0.5) is 0 Å². The van der Waals surface area contributed by atoms with Crippen LogP contribution in [0, 0.1) is 40.4 Å². The van der Waals surface area contributed by atoms with Crippen LogP contribution < -0.4 is 0 Å². The Balaban J connectivity index is 1.71. The van der Waals surface area contributed by atoms with Crippen molar-refractivity contribution in [2.75, 3.05) is 0 Å². The molecule has 0 spiro atoms. The first-order chi connectivity index (χ1) is 12.7. The van der Waals surface area contributed by atoms with Gasteiger partial charge in [0.05, 0.1) is 6.10 Å². The Morgan fingerprint density at radius 2 is 1.70 bits per heavy atom. The number of carbonyl (C=O) groups excluding carboxylic acids is 2. The van der Waals surface area contributed by atoms with Crippen LogP contribution in [0.5, 0.6) is 0 Å². The van der Waals surface area contributed by atoms with Gasteiger partial charge in [0, 0.05) is 18.3 Å². The minimum atomic E-state index is -0.218. The Labute approximate surface area is 163 Å². The first kappa shape index (κ1) is 19.4. The van der Waals surface area contributed by atoms with E-state index in [9.17, 15) is 14.7 Å². The van der Waals surface area contributed by atoms with Crippen LogP contribution in [0.2, 0.25) is 0 Å². The second-order valence-electron chi connectivity index (χ2n) is 10.5. The van der Waals surface area contributed by atoms with Gasteiger partial charge in [-0.1, -0.05) is 13.8 Å². The molecule has 4 rings (SSSR count). The Morgan fingerprint density at radius 3 is 2.37 bits per heavy atom. The molecular weight excluding hydrogens is 340 g/mol. The summed E-state index contributed by atoms with van der Waals surface area (Å²) in [5, 5.41) is 10.2. The van der Waals surface area contributed by atoms with E-state index >= 15 is 0 Å². The van der Waals surface area contributed by atoms with Gasteiger partial charge < -0.3 is 9.84 Å². The molecule has 0 radical (unpaired) electrons. The summed E-state index contributed by atoms with van der Waals surface area (Å²) in [6, 6.07) is 0. The minimum absolute atomic E-state index is 0.0199. The highest BCUT2D eigenvalue weighted by atomic mass is 16.5. The number of hydrogen-bond acceptors (Lipinski definition) is 4. The molecule has 0 amide bonds. The van der Waals surface area contributed by atoms with Crippen LogP contribution in [0.1, 0.15) is 79.1 Å². The van der Waals surface area contributed by atoms with E-state index in [0.29, 0.717) is 23.7 Å². The molecule has 27 heavy (non-hydrogen) atoms. The summed E-state index contributed by atoms with van der Waals surface area (Å²) in [5.74, 6) is 2.28. The fourth-order valence-electron chi connectivity index (χ4n) is 8.21. The van der Waals surface area contributed by atoms with E-state index in [1.807, 2.05) is 0 Å². The van der Waals surface area contributed by atoms with Crippen molar-refractivity contribution in [2.24, 2.45) is 40.4 Å². The second kappa shape index (κ2) is 6.57. The third-order valence-electron chi connectivity index (χ3n) is 9.51. The average Bonchev–Trinajstić information content (AvgIpc) is 2.95. The van der Waals surface area contributed by atoms with E-state index in [-0.39, 0.29) is 40.7 Å². The van der Waals surface area contributed by atoms with Gasteiger partial charge in [-0.25, -0.2) is 0 Å². The molecule has 0 bridgehead atoms. The molecule has 4 aliphatic rings. The molecule has 0 aromatic carbocycles. The number of aliphatic hydroxyl groups is 1. The second-order valence-corrected chi connectivity index (χ2v) is 10.5. The SMILES string of the molecule is CC(=O)O[C@H]1C[C@H]2[C@@H](CC[C@@H]3C[C@H](O)CC[C@@]32C)[C@@H]2CC[C@H](C(C)=O)[C@@]12C. The summed E-state index contributed by atoms with van der Waals surface area (Å²) < 4.78 is 5.94. The zero-order valence-corrected chi connectivity index (χ0v) is 17.4. The molecule has 4 aliphatic carbocycles.